The molecule has 1 amide bonds. The third kappa shape index (κ3) is 4.66. The van der Waals surface area contributed by atoms with E-state index in [1.54, 1.807) is 0 Å². The van der Waals surface area contributed by atoms with E-state index in [9.17, 15) is 18.4 Å². The topological polar surface area (TPSA) is 55.4 Å². The van der Waals surface area contributed by atoms with Crippen molar-refractivity contribution in [2.24, 2.45) is 0 Å². The molecule has 4 nitrogen and oxygen atoms in total. The molecule has 0 aliphatic carbocycles. The van der Waals surface area contributed by atoms with E-state index in [-0.39, 0.29) is 5.56 Å². The zero-order valence-electron chi connectivity index (χ0n) is 15.6. The second-order valence-corrected chi connectivity index (χ2v) is 6.40. The fourth-order valence-electron chi connectivity index (χ4n) is 3.17. The Morgan fingerprint density at radius 3 is 1.86 bits per heavy atom. The summed E-state index contributed by atoms with van der Waals surface area (Å²) >= 11 is 0. The molecule has 0 saturated heterocycles. The fraction of sp³-hybridized carbons (Fsp3) is 0.130. The number of hydrogen-bond donors (Lipinski definition) is 1. The van der Waals surface area contributed by atoms with Crippen molar-refractivity contribution in [2.45, 2.75) is 12.0 Å². The fourth-order valence-corrected chi connectivity index (χ4v) is 3.17. The van der Waals surface area contributed by atoms with Crippen LogP contribution in [-0.4, -0.2) is 25.0 Å². The smallest absolute Gasteiger partial charge is 0.329 e. The Hall–Kier alpha value is -3.54. The summed E-state index contributed by atoms with van der Waals surface area (Å²) < 4.78 is 31.7. The lowest BCUT2D eigenvalue weighted by Crippen LogP contribution is -2.46. The Bertz CT molecular complexity index is 954. The van der Waals surface area contributed by atoms with Crippen molar-refractivity contribution in [1.29, 1.82) is 0 Å². The van der Waals surface area contributed by atoms with Crippen LogP contribution in [0.5, 0.6) is 0 Å². The van der Waals surface area contributed by atoms with E-state index in [2.05, 4.69) is 5.32 Å². The highest BCUT2D eigenvalue weighted by Crippen LogP contribution is 2.29. The summed E-state index contributed by atoms with van der Waals surface area (Å²) in [7, 11) is 1.23. The van der Waals surface area contributed by atoms with Crippen LogP contribution in [0.15, 0.2) is 78.9 Å². The summed E-state index contributed by atoms with van der Waals surface area (Å²) in [5.74, 6) is -4.11. The summed E-state index contributed by atoms with van der Waals surface area (Å²) in [5.41, 5.74) is 1.48. The standard InChI is InChI=1S/C23H19F2NO3/c1-29-23(28)21(26-22(27)17-12-13-18(24)19(25)14-17)20(15-8-4-2-5-9-15)16-10-6-3-7-11-16/h2-14,20-21H,1H3,(H,26,27)/t21-/m1/s1. The number of amides is 1. The summed E-state index contributed by atoms with van der Waals surface area (Å²) in [6.07, 6.45) is 0. The number of hydrogen-bond acceptors (Lipinski definition) is 3. The summed E-state index contributed by atoms with van der Waals surface area (Å²) in [6, 6.07) is 20.1. The van der Waals surface area contributed by atoms with Gasteiger partial charge in [-0.3, -0.25) is 4.79 Å². The maximum Gasteiger partial charge on any atom is 0.329 e. The van der Waals surface area contributed by atoms with Crippen LogP contribution in [0.4, 0.5) is 8.78 Å². The van der Waals surface area contributed by atoms with Gasteiger partial charge < -0.3 is 10.1 Å². The number of carbonyl (C=O) groups is 2. The molecular weight excluding hydrogens is 376 g/mol. The van der Waals surface area contributed by atoms with Crippen LogP contribution >= 0.6 is 0 Å². The van der Waals surface area contributed by atoms with Gasteiger partial charge in [0, 0.05) is 11.5 Å². The van der Waals surface area contributed by atoms with Crippen LogP contribution < -0.4 is 5.32 Å². The van der Waals surface area contributed by atoms with Gasteiger partial charge in [0.15, 0.2) is 11.6 Å². The lowest BCUT2D eigenvalue weighted by molar-refractivity contribution is -0.143. The van der Waals surface area contributed by atoms with Crippen molar-refractivity contribution in [1.82, 2.24) is 5.32 Å². The number of methoxy groups -OCH3 is 1. The Balaban J connectivity index is 2.01. The van der Waals surface area contributed by atoms with Gasteiger partial charge in [-0.25, -0.2) is 13.6 Å². The average Bonchev–Trinajstić information content (AvgIpc) is 2.76. The number of esters is 1. The van der Waals surface area contributed by atoms with Crippen molar-refractivity contribution in [3.63, 3.8) is 0 Å². The Kier molecular flexibility index (Phi) is 6.34. The van der Waals surface area contributed by atoms with Gasteiger partial charge in [-0.05, 0) is 29.3 Å². The molecule has 29 heavy (non-hydrogen) atoms. The van der Waals surface area contributed by atoms with Gasteiger partial charge in [-0.15, -0.1) is 0 Å². The molecule has 0 aliphatic rings. The van der Waals surface area contributed by atoms with Gasteiger partial charge in [-0.1, -0.05) is 60.7 Å². The van der Waals surface area contributed by atoms with Crippen molar-refractivity contribution >= 4 is 11.9 Å². The van der Waals surface area contributed by atoms with Crippen LogP contribution in [0.25, 0.3) is 0 Å². The first-order chi connectivity index (χ1) is 14.0. The number of carbonyl (C=O) groups excluding carboxylic acids is 2. The van der Waals surface area contributed by atoms with Crippen molar-refractivity contribution in [3.8, 4) is 0 Å². The molecular formula is C23H19F2NO3. The summed E-state index contributed by atoms with van der Waals surface area (Å²) in [6.45, 7) is 0. The van der Waals surface area contributed by atoms with Gasteiger partial charge in [0.05, 0.1) is 7.11 Å². The zero-order chi connectivity index (χ0) is 20.8. The van der Waals surface area contributed by atoms with Gasteiger partial charge in [0.1, 0.15) is 6.04 Å². The maximum atomic E-state index is 13.5. The second-order valence-electron chi connectivity index (χ2n) is 6.40. The van der Waals surface area contributed by atoms with E-state index in [4.69, 9.17) is 4.74 Å². The highest BCUT2D eigenvalue weighted by atomic mass is 19.2. The molecule has 0 spiro atoms. The zero-order valence-corrected chi connectivity index (χ0v) is 15.6. The molecule has 148 valence electrons. The molecule has 3 aromatic rings. The van der Waals surface area contributed by atoms with E-state index in [0.29, 0.717) is 0 Å². The number of nitrogens with one attached hydrogen (secondary N) is 1. The van der Waals surface area contributed by atoms with E-state index < -0.39 is 35.5 Å². The van der Waals surface area contributed by atoms with E-state index in [0.717, 1.165) is 29.3 Å². The molecule has 0 aliphatic heterocycles. The Morgan fingerprint density at radius 2 is 1.38 bits per heavy atom. The van der Waals surface area contributed by atoms with Gasteiger partial charge in [0.25, 0.3) is 5.91 Å². The second kappa shape index (κ2) is 9.10. The van der Waals surface area contributed by atoms with Gasteiger partial charge >= 0.3 is 5.97 Å². The quantitative estimate of drug-likeness (QED) is 0.640. The van der Waals surface area contributed by atoms with E-state index >= 15 is 0 Å². The molecule has 3 rings (SSSR count). The molecule has 0 aromatic heterocycles. The maximum absolute atomic E-state index is 13.5. The van der Waals surface area contributed by atoms with Gasteiger partial charge in [-0.2, -0.15) is 0 Å². The minimum absolute atomic E-state index is 0.0994. The monoisotopic (exact) mass is 395 g/mol. The van der Waals surface area contributed by atoms with Crippen molar-refractivity contribution < 1.29 is 23.1 Å². The normalized spacial score (nSPS) is 11.7. The third-order valence-corrected chi connectivity index (χ3v) is 4.57. The minimum atomic E-state index is -1.14. The lowest BCUT2D eigenvalue weighted by atomic mass is 9.84. The third-order valence-electron chi connectivity index (χ3n) is 4.57. The molecule has 0 fully saturated rings. The Labute approximate surface area is 167 Å². The predicted octanol–water partition coefficient (Wildman–Crippen LogP) is 4.07. The van der Waals surface area contributed by atoms with Crippen molar-refractivity contribution in [2.75, 3.05) is 7.11 Å². The molecule has 1 atom stereocenters. The predicted molar refractivity (Wildman–Crippen MR) is 104 cm³/mol. The van der Waals surface area contributed by atoms with Crippen LogP contribution in [0, 0.1) is 11.6 Å². The molecule has 6 heteroatoms. The lowest BCUT2D eigenvalue weighted by Gasteiger charge is -2.27. The van der Waals surface area contributed by atoms with Crippen LogP contribution in [0.2, 0.25) is 0 Å². The molecule has 0 unspecified atom stereocenters. The molecule has 1 N–H and O–H groups in total. The highest BCUT2D eigenvalue weighted by molar-refractivity contribution is 5.97. The van der Waals surface area contributed by atoms with Crippen LogP contribution in [-0.2, 0) is 9.53 Å². The SMILES string of the molecule is COC(=O)[C@H](NC(=O)c1ccc(F)c(F)c1)C(c1ccccc1)c1ccccc1. The summed E-state index contributed by atoms with van der Waals surface area (Å²) in [4.78, 5) is 25.3. The number of benzene rings is 3. The minimum Gasteiger partial charge on any atom is -0.467 e. The molecule has 0 heterocycles. The van der Waals surface area contributed by atoms with Crippen molar-refractivity contribution in [3.05, 3.63) is 107 Å². The summed E-state index contributed by atoms with van der Waals surface area (Å²) in [5, 5.41) is 2.63. The molecule has 0 saturated carbocycles. The largest absolute Gasteiger partial charge is 0.467 e. The van der Waals surface area contributed by atoms with Crippen LogP contribution in [0.1, 0.15) is 27.4 Å². The Morgan fingerprint density at radius 1 is 0.828 bits per heavy atom. The number of ether oxygens (including phenoxy) is 1. The number of rotatable bonds is 6. The van der Waals surface area contributed by atoms with Gasteiger partial charge in [0.2, 0.25) is 0 Å². The molecule has 3 aromatic carbocycles. The number of halogens is 2. The molecule has 0 bridgehead atoms. The van der Waals surface area contributed by atoms with E-state index in [1.165, 1.54) is 7.11 Å². The highest BCUT2D eigenvalue weighted by Gasteiger charge is 2.33. The van der Waals surface area contributed by atoms with E-state index in [1.807, 2.05) is 60.7 Å². The van der Waals surface area contributed by atoms with Crippen LogP contribution in [0.3, 0.4) is 0 Å². The average molecular weight is 395 g/mol. The first-order valence-electron chi connectivity index (χ1n) is 8.95. The first kappa shape index (κ1) is 20.2. The first-order valence-corrected chi connectivity index (χ1v) is 8.95. The molecule has 0 radical (unpaired) electrons.